The first kappa shape index (κ1) is 21.4. The Bertz CT molecular complexity index is 904. The maximum Gasteiger partial charge on any atom is 0.307 e. The number of amides is 1. The monoisotopic (exact) mass is 406 g/mol. The van der Waals surface area contributed by atoms with Gasteiger partial charge in [0.2, 0.25) is 0 Å². The van der Waals surface area contributed by atoms with E-state index in [-0.39, 0.29) is 17.8 Å². The van der Waals surface area contributed by atoms with Crippen molar-refractivity contribution in [3.05, 3.63) is 63.5 Å². The third kappa shape index (κ3) is 6.34. The maximum atomic E-state index is 13.6. The third-order valence-corrected chi connectivity index (χ3v) is 4.85. The van der Waals surface area contributed by atoms with E-state index in [1.54, 1.807) is 0 Å². The summed E-state index contributed by atoms with van der Waals surface area (Å²) in [6.45, 7) is 3.43. The van der Waals surface area contributed by atoms with Gasteiger partial charge in [0.25, 0.3) is 11.6 Å². The fourth-order valence-corrected chi connectivity index (χ4v) is 3.11. The number of nitro benzene ring substituents is 1. The quantitative estimate of drug-likeness (QED) is 0.308. The molecule has 0 unspecified atom stereocenters. The van der Waals surface area contributed by atoms with Gasteiger partial charge in [-0.3, -0.25) is 19.7 Å². The number of carbonyl (C=O) groups is 2. The Balaban J connectivity index is 1.76. The van der Waals surface area contributed by atoms with Crippen LogP contribution in [-0.2, 0) is 14.3 Å². The van der Waals surface area contributed by atoms with Crippen LogP contribution in [0.3, 0.4) is 0 Å². The molecule has 1 N–H and O–H groups in total. The van der Waals surface area contributed by atoms with E-state index in [9.17, 15) is 24.1 Å². The molecule has 0 radical (unpaired) electrons. The number of anilines is 1. The second kappa shape index (κ2) is 9.84. The molecule has 0 atom stereocenters. The van der Waals surface area contributed by atoms with Crippen LogP contribution >= 0.6 is 11.8 Å². The number of halogens is 1. The summed E-state index contributed by atoms with van der Waals surface area (Å²) in [6.07, 6.45) is 0.107. The standard InChI is InChI=1S/C19H19FN2O5S/c1-12-3-5-15(9-13(12)2)28-8-7-19(24)27-11-18(23)21-17-10-14(22(25)26)4-6-16(17)20/h3-6,9-10H,7-8,11H2,1-2H3,(H,21,23). The van der Waals surface area contributed by atoms with E-state index >= 15 is 0 Å². The van der Waals surface area contributed by atoms with Crippen LogP contribution in [0.4, 0.5) is 15.8 Å². The zero-order valence-electron chi connectivity index (χ0n) is 15.4. The number of rotatable bonds is 8. The molecule has 0 aromatic heterocycles. The molecular weight excluding hydrogens is 387 g/mol. The van der Waals surface area contributed by atoms with Crippen LogP contribution in [0.1, 0.15) is 17.5 Å². The van der Waals surface area contributed by atoms with E-state index < -0.39 is 29.2 Å². The third-order valence-electron chi connectivity index (χ3n) is 3.85. The van der Waals surface area contributed by atoms with E-state index in [0.29, 0.717) is 5.75 Å². The summed E-state index contributed by atoms with van der Waals surface area (Å²) in [6, 6.07) is 8.77. The van der Waals surface area contributed by atoms with Crippen molar-refractivity contribution in [2.45, 2.75) is 25.2 Å². The largest absolute Gasteiger partial charge is 0.456 e. The average molecular weight is 406 g/mol. The molecule has 148 valence electrons. The first-order valence-corrected chi connectivity index (χ1v) is 9.34. The molecule has 0 spiro atoms. The lowest BCUT2D eigenvalue weighted by atomic mass is 10.1. The summed E-state index contributed by atoms with van der Waals surface area (Å²) in [5, 5.41) is 12.9. The lowest BCUT2D eigenvalue weighted by molar-refractivity contribution is -0.384. The lowest BCUT2D eigenvalue weighted by Gasteiger charge is -2.08. The highest BCUT2D eigenvalue weighted by atomic mass is 32.2. The number of nitrogens with zero attached hydrogens (tertiary/aromatic N) is 1. The molecule has 28 heavy (non-hydrogen) atoms. The fourth-order valence-electron chi connectivity index (χ4n) is 2.18. The number of nitro groups is 1. The number of nitrogens with one attached hydrogen (secondary N) is 1. The number of hydrogen-bond acceptors (Lipinski definition) is 6. The van der Waals surface area contributed by atoms with Gasteiger partial charge in [0, 0.05) is 22.8 Å². The number of esters is 1. The van der Waals surface area contributed by atoms with E-state index in [0.717, 1.165) is 28.7 Å². The first-order chi connectivity index (χ1) is 13.3. The summed E-state index contributed by atoms with van der Waals surface area (Å²) in [5.41, 5.74) is 1.64. The zero-order valence-corrected chi connectivity index (χ0v) is 16.2. The minimum Gasteiger partial charge on any atom is -0.456 e. The lowest BCUT2D eigenvalue weighted by Crippen LogP contribution is -2.21. The molecule has 0 aliphatic heterocycles. The van der Waals surface area contributed by atoms with Gasteiger partial charge in [0.15, 0.2) is 6.61 Å². The van der Waals surface area contributed by atoms with Gasteiger partial charge in [-0.05, 0) is 43.2 Å². The highest BCUT2D eigenvalue weighted by Crippen LogP contribution is 2.22. The Morgan fingerprint density at radius 2 is 1.93 bits per heavy atom. The van der Waals surface area contributed by atoms with Crippen molar-refractivity contribution in [1.29, 1.82) is 0 Å². The van der Waals surface area contributed by atoms with Crippen LogP contribution in [0.15, 0.2) is 41.3 Å². The van der Waals surface area contributed by atoms with Crippen LogP contribution in [0.2, 0.25) is 0 Å². The van der Waals surface area contributed by atoms with Gasteiger partial charge in [-0.2, -0.15) is 0 Å². The fraction of sp³-hybridized carbons (Fsp3) is 0.263. The molecule has 0 aliphatic carbocycles. The van der Waals surface area contributed by atoms with E-state index in [1.165, 1.54) is 17.3 Å². The van der Waals surface area contributed by atoms with Crippen LogP contribution in [0.5, 0.6) is 0 Å². The van der Waals surface area contributed by atoms with Crippen LogP contribution in [-0.4, -0.2) is 29.2 Å². The van der Waals surface area contributed by atoms with E-state index in [2.05, 4.69) is 5.32 Å². The van der Waals surface area contributed by atoms with Crippen LogP contribution in [0, 0.1) is 29.8 Å². The molecule has 0 fully saturated rings. The molecule has 2 aromatic carbocycles. The Labute approximate surface area is 165 Å². The van der Waals surface area contributed by atoms with Crippen molar-refractivity contribution in [2.75, 3.05) is 17.7 Å². The number of benzene rings is 2. The molecule has 9 heteroatoms. The average Bonchev–Trinajstić information content (AvgIpc) is 2.64. The molecule has 0 saturated carbocycles. The molecular formula is C19H19FN2O5S. The number of carbonyl (C=O) groups excluding carboxylic acids is 2. The topological polar surface area (TPSA) is 98.5 Å². The molecule has 1 amide bonds. The normalized spacial score (nSPS) is 10.4. The summed E-state index contributed by atoms with van der Waals surface area (Å²) >= 11 is 1.50. The predicted octanol–water partition coefficient (Wildman–Crippen LogP) is 4.01. The molecule has 7 nitrogen and oxygen atoms in total. The molecule has 2 aromatic rings. The number of hydrogen-bond donors (Lipinski definition) is 1. The van der Waals surface area contributed by atoms with Gasteiger partial charge in [-0.1, -0.05) is 6.07 Å². The number of non-ortho nitro benzene ring substituents is 1. The zero-order chi connectivity index (χ0) is 20.7. The Morgan fingerprint density at radius 3 is 2.61 bits per heavy atom. The second-order valence-electron chi connectivity index (χ2n) is 5.97. The van der Waals surface area contributed by atoms with Crippen LogP contribution < -0.4 is 5.32 Å². The number of thioether (sulfide) groups is 1. The molecule has 0 aliphatic rings. The summed E-state index contributed by atoms with van der Waals surface area (Å²) < 4.78 is 18.5. The van der Waals surface area contributed by atoms with Gasteiger partial charge < -0.3 is 10.1 Å². The second-order valence-corrected chi connectivity index (χ2v) is 7.14. The molecule has 0 heterocycles. The van der Waals surface area contributed by atoms with E-state index in [4.69, 9.17) is 4.74 Å². The predicted molar refractivity (Wildman–Crippen MR) is 104 cm³/mol. The van der Waals surface area contributed by atoms with Crippen molar-refractivity contribution in [2.24, 2.45) is 0 Å². The Morgan fingerprint density at radius 1 is 1.18 bits per heavy atom. The molecule has 0 saturated heterocycles. The highest BCUT2D eigenvalue weighted by molar-refractivity contribution is 7.99. The molecule has 2 rings (SSSR count). The van der Waals surface area contributed by atoms with E-state index in [1.807, 2.05) is 32.0 Å². The summed E-state index contributed by atoms with van der Waals surface area (Å²) in [5.74, 6) is -1.68. The number of aryl methyl sites for hydroxylation is 2. The first-order valence-electron chi connectivity index (χ1n) is 8.35. The summed E-state index contributed by atoms with van der Waals surface area (Å²) in [7, 11) is 0. The number of ether oxygens (including phenoxy) is 1. The SMILES string of the molecule is Cc1ccc(SCCC(=O)OCC(=O)Nc2cc([N+](=O)[O-])ccc2F)cc1C. The highest BCUT2D eigenvalue weighted by Gasteiger charge is 2.14. The van der Waals surface area contributed by atoms with Gasteiger partial charge >= 0.3 is 5.97 Å². The maximum absolute atomic E-state index is 13.6. The van der Waals surface area contributed by atoms with Crippen molar-refractivity contribution in [1.82, 2.24) is 0 Å². The van der Waals surface area contributed by atoms with Gasteiger partial charge in [0.05, 0.1) is 17.0 Å². The van der Waals surface area contributed by atoms with Gasteiger partial charge in [-0.25, -0.2) is 4.39 Å². The van der Waals surface area contributed by atoms with Crippen molar-refractivity contribution in [3.8, 4) is 0 Å². The van der Waals surface area contributed by atoms with Crippen molar-refractivity contribution >= 4 is 35.0 Å². The minimum absolute atomic E-state index is 0.107. The van der Waals surface area contributed by atoms with Gasteiger partial charge in [-0.15, -0.1) is 11.8 Å². The van der Waals surface area contributed by atoms with Crippen molar-refractivity contribution in [3.63, 3.8) is 0 Å². The van der Waals surface area contributed by atoms with Crippen molar-refractivity contribution < 1.29 is 23.6 Å². The van der Waals surface area contributed by atoms with Gasteiger partial charge in [0.1, 0.15) is 5.82 Å². The summed E-state index contributed by atoms with van der Waals surface area (Å²) in [4.78, 5) is 34.6. The molecule has 0 bridgehead atoms. The Hall–Kier alpha value is -2.94. The minimum atomic E-state index is -0.824. The smallest absolute Gasteiger partial charge is 0.307 e. The Kier molecular flexibility index (Phi) is 7.51. The van der Waals surface area contributed by atoms with Crippen LogP contribution in [0.25, 0.3) is 0 Å².